The zero-order valence-electron chi connectivity index (χ0n) is 13.4. The predicted octanol–water partition coefficient (Wildman–Crippen LogP) is 3.11. The summed E-state index contributed by atoms with van der Waals surface area (Å²) >= 11 is 0. The number of nitrogens with one attached hydrogen (secondary N) is 1. The van der Waals surface area contributed by atoms with Crippen LogP contribution < -0.4 is 15.1 Å². The van der Waals surface area contributed by atoms with Crippen molar-refractivity contribution >= 4 is 17.3 Å². The first kappa shape index (κ1) is 15.2. The summed E-state index contributed by atoms with van der Waals surface area (Å²) in [6, 6.07) is 17.7. The monoisotopic (exact) mass is 311 g/mol. The van der Waals surface area contributed by atoms with Gasteiger partial charge in [-0.25, -0.2) is 5.01 Å². The molecule has 2 aromatic rings. The third kappa shape index (κ3) is 3.23. The van der Waals surface area contributed by atoms with Crippen LogP contribution >= 0.6 is 0 Å². The molecule has 0 saturated carbocycles. The summed E-state index contributed by atoms with van der Waals surface area (Å²) in [6.07, 6.45) is 0.807. The standard InChI is InChI=1S/C18H21N3O2/c1-14(22)21-18(19-15-8-10-17(23-2)11-9-15)12-13-20(21)16-6-4-3-5-7-16/h3-11,18-19H,12-13H2,1-2H3. The molecule has 120 valence electrons. The number of nitrogens with zero attached hydrogens (tertiary/aromatic N) is 2. The maximum Gasteiger partial charge on any atom is 0.239 e. The number of amides is 1. The lowest BCUT2D eigenvalue weighted by molar-refractivity contribution is -0.129. The van der Waals surface area contributed by atoms with E-state index in [2.05, 4.69) is 5.32 Å². The molecule has 23 heavy (non-hydrogen) atoms. The van der Waals surface area contributed by atoms with Gasteiger partial charge in [0.1, 0.15) is 11.9 Å². The zero-order valence-corrected chi connectivity index (χ0v) is 13.4. The summed E-state index contributed by atoms with van der Waals surface area (Å²) in [4.78, 5) is 12.2. The van der Waals surface area contributed by atoms with Crippen LogP contribution in [0.2, 0.25) is 0 Å². The van der Waals surface area contributed by atoms with Crippen LogP contribution in [0.1, 0.15) is 13.3 Å². The van der Waals surface area contributed by atoms with Gasteiger partial charge in [-0.3, -0.25) is 9.80 Å². The van der Waals surface area contributed by atoms with Crippen LogP contribution in [0.25, 0.3) is 0 Å². The molecule has 1 aliphatic heterocycles. The summed E-state index contributed by atoms with van der Waals surface area (Å²) in [5, 5.41) is 7.25. The van der Waals surface area contributed by atoms with Crippen LogP contribution in [0.4, 0.5) is 11.4 Å². The Morgan fingerprint density at radius 3 is 2.43 bits per heavy atom. The van der Waals surface area contributed by atoms with Gasteiger partial charge in [-0.1, -0.05) is 18.2 Å². The summed E-state index contributed by atoms with van der Waals surface area (Å²) in [6.45, 7) is 2.40. The molecule has 0 aromatic heterocycles. The van der Waals surface area contributed by atoms with E-state index < -0.39 is 0 Å². The van der Waals surface area contributed by atoms with E-state index in [9.17, 15) is 4.79 Å². The Hall–Kier alpha value is -2.69. The number of ether oxygens (including phenoxy) is 1. The van der Waals surface area contributed by atoms with E-state index >= 15 is 0 Å². The van der Waals surface area contributed by atoms with Crippen molar-refractivity contribution in [2.24, 2.45) is 0 Å². The van der Waals surface area contributed by atoms with Gasteiger partial charge in [-0.05, 0) is 36.4 Å². The molecule has 1 saturated heterocycles. The van der Waals surface area contributed by atoms with E-state index in [1.807, 2.05) is 59.6 Å². The largest absolute Gasteiger partial charge is 0.497 e. The van der Waals surface area contributed by atoms with Crippen molar-refractivity contribution in [3.05, 3.63) is 54.6 Å². The molecule has 0 aliphatic carbocycles. The number of carbonyl (C=O) groups is 1. The van der Waals surface area contributed by atoms with Crippen LogP contribution in [0.15, 0.2) is 54.6 Å². The first-order valence-electron chi connectivity index (χ1n) is 7.72. The van der Waals surface area contributed by atoms with Crippen molar-refractivity contribution in [1.29, 1.82) is 0 Å². The highest BCUT2D eigenvalue weighted by Gasteiger charge is 2.33. The number of benzene rings is 2. The van der Waals surface area contributed by atoms with Gasteiger partial charge in [-0.2, -0.15) is 0 Å². The van der Waals surface area contributed by atoms with E-state index in [1.165, 1.54) is 0 Å². The van der Waals surface area contributed by atoms with Gasteiger partial charge < -0.3 is 10.1 Å². The lowest BCUT2D eigenvalue weighted by Crippen LogP contribution is -2.47. The van der Waals surface area contributed by atoms with Gasteiger partial charge in [0.15, 0.2) is 0 Å². The first-order chi connectivity index (χ1) is 11.2. The summed E-state index contributed by atoms with van der Waals surface area (Å²) in [5.74, 6) is 0.841. The fourth-order valence-corrected chi connectivity index (χ4v) is 2.90. The van der Waals surface area contributed by atoms with Gasteiger partial charge >= 0.3 is 0 Å². The van der Waals surface area contributed by atoms with Crippen molar-refractivity contribution in [3.63, 3.8) is 0 Å². The van der Waals surface area contributed by atoms with Crippen LogP contribution in [-0.2, 0) is 4.79 Å². The highest BCUT2D eigenvalue weighted by molar-refractivity contribution is 5.77. The molecule has 0 radical (unpaired) electrons. The average Bonchev–Trinajstić information content (AvgIpc) is 3.00. The molecule has 1 amide bonds. The topological polar surface area (TPSA) is 44.8 Å². The molecule has 1 atom stereocenters. The Labute approximate surface area is 136 Å². The van der Waals surface area contributed by atoms with Crippen LogP contribution in [0.5, 0.6) is 5.75 Å². The Balaban J connectivity index is 1.78. The molecule has 1 N–H and O–H groups in total. The fourth-order valence-electron chi connectivity index (χ4n) is 2.90. The Morgan fingerprint density at radius 1 is 1.13 bits per heavy atom. The van der Waals surface area contributed by atoms with Crippen molar-refractivity contribution in [3.8, 4) is 5.75 Å². The number of rotatable bonds is 4. The highest BCUT2D eigenvalue weighted by atomic mass is 16.5. The first-order valence-corrected chi connectivity index (χ1v) is 7.72. The van der Waals surface area contributed by atoms with E-state index in [0.29, 0.717) is 0 Å². The molecule has 0 spiro atoms. The zero-order chi connectivity index (χ0) is 16.2. The Morgan fingerprint density at radius 2 is 1.83 bits per heavy atom. The normalized spacial score (nSPS) is 17.2. The minimum atomic E-state index is -0.0545. The highest BCUT2D eigenvalue weighted by Crippen LogP contribution is 2.27. The molecule has 1 fully saturated rings. The lowest BCUT2D eigenvalue weighted by atomic mass is 10.2. The van der Waals surface area contributed by atoms with Crippen LogP contribution in [-0.4, -0.2) is 30.7 Å². The van der Waals surface area contributed by atoms with Gasteiger partial charge in [0, 0.05) is 25.6 Å². The van der Waals surface area contributed by atoms with E-state index in [0.717, 1.165) is 30.1 Å². The number of anilines is 2. The quantitative estimate of drug-likeness (QED) is 0.942. The number of hydrogen-bond acceptors (Lipinski definition) is 4. The van der Waals surface area contributed by atoms with Crippen molar-refractivity contribution in [1.82, 2.24) is 5.01 Å². The molecule has 1 unspecified atom stereocenters. The van der Waals surface area contributed by atoms with Crippen molar-refractivity contribution in [2.45, 2.75) is 19.5 Å². The Kier molecular flexibility index (Phi) is 4.37. The minimum Gasteiger partial charge on any atom is -0.497 e. The molecular weight excluding hydrogens is 290 g/mol. The predicted molar refractivity (Wildman–Crippen MR) is 91.3 cm³/mol. The molecule has 2 aromatic carbocycles. The number of para-hydroxylation sites is 1. The molecule has 1 aliphatic rings. The SMILES string of the molecule is COc1ccc(NC2CCN(c3ccccc3)N2C(C)=O)cc1. The number of carbonyl (C=O) groups excluding carboxylic acids is 1. The second-order valence-corrected chi connectivity index (χ2v) is 5.50. The third-order valence-corrected chi connectivity index (χ3v) is 3.97. The molecule has 1 heterocycles. The second-order valence-electron chi connectivity index (χ2n) is 5.50. The lowest BCUT2D eigenvalue weighted by Gasteiger charge is -2.33. The summed E-state index contributed by atoms with van der Waals surface area (Å²) < 4.78 is 5.17. The maximum absolute atomic E-state index is 12.2. The van der Waals surface area contributed by atoms with Gasteiger partial charge in [0.25, 0.3) is 0 Å². The second kappa shape index (κ2) is 6.60. The molecule has 5 heteroatoms. The van der Waals surface area contributed by atoms with Crippen LogP contribution in [0.3, 0.4) is 0 Å². The van der Waals surface area contributed by atoms with Crippen molar-refractivity contribution < 1.29 is 9.53 Å². The van der Waals surface area contributed by atoms with Crippen molar-refractivity contribution in [2.75, 3.05) is 24.0 Å². The summed E-state index contributed by atoms with van der Waals surface area (Å²) in [7, 11) is 1.65. The van der Waals surface area contributed by atoms with E-state index in [4.69, 9.17) is 4.74 Å². The van der Waals surface area contributed by atoms with Gasteiger partial charge in [-0.15, -0.1) is 0 Å². The van der Waals surface area contributed by atoms with E-state index in [-0.39, 0.29) is 12.1 Å². The smallest absolute Gasteiger partial charge is 0.239 e. The molecule has 0 bridgehead atoms. The summed E-state index contributed by atoms with van der Waals surface area (Å²) in [5.41, 5.74) is 2.00. The number of hydrazine groups is 1. The minimum absolute atomic E-state index is 0.0253. The molecule has 5 nitrogen and oxygen atoms in total. The van der Waals surface area contributed by atoms with Gasteiger partial charge in [0.2, 0.25) is 5.91 Å². The average molecular weight is 311 g/mol. The van der Waals surface area contributed by atoms with E-state index in [1.54, 1.807) is 19.0 Å². The number of hydrogen-bond donors (Lipinski definition) is 1. The maximum atomic E-state index is 12.2. The molecular formula is C18H21N3O2. The number of methoxy groups -OCH3 is 1. The van der Waals surface area contributed by atoms with Gasteiger partial charge in [0.05, 0.1) is 12.8 Å². The third-order valence-electron chi connectivity index (χ3n) is 3.97. The Bertz CT molecular complexity index is 658. The fraction of sp³-hybridized carbons (Fsp3) is 0.278. The molecule has 3 rings (SSSR count). The van der Waals surface area contributed by atoms with Crippen LogP contribution in [0, 0.1) is 0 Å².